The van der Waals surface area contributed by atoms with Crippen molar-refractivity contribution in [3.05, 3.63) is 0 Å². The Bertz CT molecular complexity index is 380. The number of piperidine rings is 2. The Morgan fingerprint density at radius 2 is 1.46 bits per heavy atom. The van der Waals surface area contributed by atoms with Gasteiger partial charge in [-0.05, 0) is 86.6 Å². The van der Waals surface area contributed by atoms with E-state index < -0.39 is 0 Å². The van der Waals surface area contributed by atoms with E-state index in [0.717, 1.165) is 6.54 Å². The summed E-state index contributed by atoms with van der Waals surface area (Å²) in [5, 5.41) is 0. The Labute approximate surface area is 162 Å². The van der Waals surface area contributed by atoms with E-state index in [4.69, 9.17) is 9.47 Å². The third kappa shape index (κ3) is 7.46. The molecule has 2 unspecified atom stereocenters. The standard InChI is InChI=1S/C22H44N2O2/c1-17(2)24-13-7-8-22(16-24)26-20(6)10-9-19(5)23-14-11-21(12-15-23)25-18(3)4/h17-22H,7-16H2,1-6H3/t19-,20?,22?/m0/s1. The molecule has 0 aromatic rings. The molecule has 2 fully saturated rings. The Balaban J connectivity index is 1.63. The van der Waals surface area contributed by atoms with Crippen molar-refractivity contribution in [1.29, 1.82) is 0 Å². The van der Waals surface area contributed by atoms with E-state index in [1.54, 1.807) is 0 Å². The lowest BCUT2D eigenvalue weighted by molar-refractivity contribution is -0.0537. The van der Waals surface area contributed by atoms with E-state index in [2.05, 4.69) is 51.3 Å². The van der Waals surface area contributed by atoms with Crippen LogP contribution in [0.3, 0.4) is 0 Å². The zero-order valence-corrected chi connectivity index (χ0v) is 18.2. The number of hydrogen-bond donors (Lipinski definition) is 0. The quantitative estimate of drug-likeness (QED) is 0.605. The first kappa shape index (κ1) is 22.1. The molecule has 0 aromatic carbocycles. The molecular formula is C22H44N2O2. The summed E-state index contributed by atoms with van der Waals surface area (Å²) in [6.07, 6.45) is 8.90. The SMILES string of the molecule is CC(C)OC1CCN([C@@H](C)CCC(C)OC2CCCN(C(C)C)C2)CC1. The van der Waals surface area contributed by atoms with Gasteiger partial charge in [-0.1, -0.05) is 0 Å². The van der Waals surface area contributed by atoms with Gasteiger partial charge in [0.1, 0.15) is 0 Å². The third-order valence-corrected chi connectivity index (χ3v) is 6.12. The summed E-state index contributed by atoms with van der Waals surface area (Å²) in [4.78, 5) is 5.21. The van der Waals surface area contributed by atoms with Crippen molar-refractivity contribution in [2.24, 2.45) is 0 Å². The lowest BCUT2D eigenvalue weighted by Crippen LogP contribution is -2.44. The predicted molar refractivity (Wildman–Crippen MR) is 110 cm³/mol. The van der Waals surface area contributed by atoms with Gasteiger partial charge in [-0.15, -0.1) is 0 Å². The second kappa shape index (κ2) is 11.0. The van der Waals surface area contributed by atoms with Crippen molar-refractivity contribution in [3.63, 3.8) is 0 Å². The van der Waals surface area contributed by atoms with Crippen LogP contribution >= 0.6 is 0 Å². The average molecular weight is 369 g/mol. The maximum absolute atomic E-state index is 6.39. The van der Waals surface area contributed by atoms with E-state index >= 15 is 0 Å². The summed E-state index contributed by atoms with van der Waals surface area (Å²) in [5.74, 6) is 0. The van der Waals surface area contributed by atoms with Gasteiger partial charge in [0.2, 0.25) is 0 Å². The van der Waals surface area contributed by atoms with Crippen LogP contribution in [0.2, 0.25) is 0 Å². The molecule has 0 radical (unpaired) electrons. The second-order valence-corrected chi connectivity index (χ2v) is 9.15. The molecular weight excluding hydrogens is 324 g/mol. The molecule has 2 aliphatic heterocycles. The van der Waals surface area contributed by atoms with Crippen LogP contribution in [-0.4, -0.2) is 72.5 Å². The number of likely N-dealkylation sites (tertiary alicyclic amines) is 2. The first-order valence-electron chi connectivity index (χ1n) is 11.1. The van der Waals surface area contributed by atoms with Crippen LogP contribution in [0.15, 0.2) is 0 Å². The summed E-state index contributed by atoms with van der Waals surface area (Å²) in [6.45, 7) is 18.2. The summed E-state index contributed by atoms with van der Waals surface area (Å²) in [6, 6.07) is 1.29. The molecule has 0 aromatic heterocycles. The normalized spacial score (nSPS) is 26.5. The van der Waals surface area contributed by atoms with E-state index in [1.807, 2.05) is 0 Å². The Morgan fingerprint density at radius 3 is 2.08 bits per heavy atom. The van der Waals surface area contributed by atoms with Crippen LogP contribution in [0.1, 0.15) is 80.1 Å². The summed E-state index contributed by atoms with van der Waals surface area (Å²) >= 11 is 0. The monoisotopic (exact) mass is 368 g/mol. The van der Waals surface area contributed by atoms with Gasteiger partial charge < -0.3 is 14.4 Å². The molecule has 26 heavy (non-hydrogen) atoms. The molecule has 0 bridgehead atoms. The molecule has 2 heterocycles. The maximum Gasteiger partial charge on any atom is 0.0706 e. The van der Waals surface area contributed by atoms with Gasteiger partial charge in [0, 0.05) is 31.7 Å². The molecule has 2 rings (SSSR count). The molecule has 0 spiro atoms. The minimum atomic E-state index is 0.355. The molecule has 3 atom stereocenters. The molecule has 0 N–H and O–H groups in total. The fourth-order valence-electron chi connectivity index (χ4n) is 4.44. The molecule has 2 saturated heterocycles. The molecule has 154 valence electrons. The Morgan fingerprint density at radius 1 is 0.769 bits per heavy atom. The number of hydrogen-bond acceptors (Lipinski definition) is 4. The van der Waals surface area contributed by atoms with Gasteiger partial charge in [0.15, 0.2) is 0 Å². The second-order valence-electron chi connectivity index (χ2n) is 9.15. The zero-order chi connectivity index (χ0) is 19.1. The molecule has 0 saturated carbocycles. The van der Waals surface area contributed by atoms with E-state index in [1.165, 1.54) is 58.2 Å². The average Bonchev–Trinajstić information content (AvgIpc) is 2.60. The van der Waals surface area contributed by atoms with Gasteiger partial charge >= 0.3 is 0 Å². The lowest BCUT2D eigenvalue weighted by Gasteiger charge is -2.38. The minimum Gasteiger partial charge on any atom is -0.375 e. The van der Waals surface area contributed by atoms with Gasteiger partial charge in [0.05, 0.1) is 24.4 Å². The highest BCUT2D eigenvalue weighted by Crippen LogP contribution is 2.22. The van der Waals surface area contributed by atoms with Crippen molar-refractivity contribution < 1.29 is 9.47 Å². The number of rotatable bonds is 9. The number of nitrogens with zero attached hydrogens (tertiary/aromatic N) is 2. The first-order valence-corrected chi connectivity index (χ1v) is 11.1. The topological polar surface area (TPSA) is 24.9 Å². The van der Waals surface area contributed by atoms with Crippen molar-refractivity contribution >= 4 is 0 Å². The van der Waals surface area contributed by atoms with Crippen LogP contribution in [0.25, 0.3) is 0 Å². The highest BCUT2D eigenvalue weighted by Gasteiger charge is 2.26. The van der Waals surface area contributed by atoms with Crippen LogP contribution in [0.4, 0.5) is 0 Å². The maximum atomic E-state index is 6.39. The zero-order valence-electron chi connectivity index (χ0n) is 18.2. The minimum absolute atomic E-state index is 0.355. The third-order valence-electron chi connectivity index (χ3n) is 6.12. The highest BCUT2D eigenvalue weighted by molar-refractivity contribution is 4.79. The fraction of sp³-hybridized carbons (Fsp3) is 1.00. The summed E-state index contributed by atoms with van der Waals surface area (Å²) in [5.41, 5.74) is 0. The first-order chi connectivity index (χ1) is 12.3. The molecule has 4 nitrogen and oxygen atoms in total. The van der Waals surface area contributed by atoms with Crippen molar-refractivity contribution in [2.45, 2.75) is 117 Å². The largest absolute Gasteiger partial charge is 0.375 e. The van der Waals surface area contributed by atoms with Crippen molar-refractivity contribution in [1.82, 2.24) is 9.80 Å². The van der Waals surface area contributed by atoms with Gasteiger partial charge in [-0.3, -0.25) is 4.90 Å². The number of ether oxygens (including phenoxy) is 2. The molecule has 4 heteroatoms. The highest BCUT2D eigenvalue weighted by atomic mass is 16.5. The molecule has 0 aliphatic carbocycles. The van der Waals surface area contributed by atoms with E-state index in [9.17, 15) is 0 Å². The Kier molecular flexibility index (Phi) is 9.36. The Hall–Kier alpha value is -0.160. The van der Waals surface area contributed by atoms with Crippen LogP contribution in [0, 0.1) is 0 Å². The molecule has 0 amide bonds. The van der Waals surface area contributed by atoms with Crippen LogP contribution < -0.4 is 0 Å². The lowest BCUT2D eigenvalue weighted by atomic mass is 10.0. The van der Waals surface area contributed by atoms with Crippen LogP contribution in [0.5, 0.6) is 0 Å². The van der Waals surface area contributed by atoms with E-state index in [0.29, 0.717) is 36.5 Å². The smallest absolute Gasteiger partial charge is 0.0706 e. The van der Waals surface area contributed by atoms with Crippen molar-refractivity contribution in [3.8, 4) is 0 Å². The van der Waals surface area contributed by atoms with Gasteiger partial charge in [0.25, 0.3) is 0 Å². The van der Waals surface area contributed by atoms with Gasteiger partial charge in [-0.2, -0.15) is 0 Å². The van der Waals surface area contributed by atoms with Crippen molar-refractivity contribution in [2.75, 3.05) is 26.2 Å². The van der Waals surface area contributed by atoms with E-state index in [-0.39, 0.29) is 0 Å². The summed E-state index contributed by atoms with van der Waals surface area (Å²) < 4.78 is 12.4. The summed E-state index contributed by atoms with van der Waals surface area (Å²) in [7, 11) is 0. The van der Waals surface area contributed by atoms with Gasteiger partial charge in [-0.25, -0.2) is 0 Å². The predicted octanol–water partition coefficient (Wildman–Crippen LogP) is 4.32. The van der Waals surface area contributed by atoms with Crippen LogP contribution in [-0.2, 0) is 9.47 Å². The fourth-order valence-corrected chi connectivity index (χ4v) is 4.44. The molecule has 2 aliphatic rings.